The Morgan fingerprint density at radius 3 is 2.48 bits per heavy atom. The number of nitrogens with one attached hydrogen (secondary N) is 1. The van der Waals surface area contributed by atoms with Crippen LogP contribution in [0, 0.1) is 5.92 Å². The van der Waals surface area contributed by atoms with E-state index in [4.69, 9.17) is 11.6 Å². The zero-order valence-electron chi connectivity index (χ0n) is 12.9. The van der Waals surface area contributed by atoms with Gasteiger partial charge in [0.05, 0.1) is 0 Å². The molecule has 0 saturated carbocycles. The molecule has 0 saturated heterocycles. The summed E-state index contributed by atoms with van der Waals surface area (Å²) in [4.78, 5) is 4.34. The van der Waals surface area contributed by atoms with Crippen LogP contribution in [0.15, 0.2) is 30.6 Å². The highest BCUT2D eigenvalue weighted by Crippen LogP contribution is 2.16. The van der Waals surface area contributed by atoms with E-state index in [-0.39, 0.29) is 0 Å². The van der Waals surface area contributed by atoms with E-state index in [9.17, 15) is 0 Å². The van der Waals surface area contributed by atoms with Crippen molar-refractivity contribution in [2.24, 2.45) is 13.0 Å². The van der Waals surface area contributed by atoms with Gasteiger partial charge in [-0.05, 0) is 36.6 Å². The zero-order valence-corrected chi connectivity index (χ0v) is 13.6. The van der Waals surface area contributed by atoms with Gasteiger partial charge >= 0.3 is 0 Å². The summed E-state index contributed by atoms with van der Waals surface area (Å²) in [6.45, 7) is 5.30. The van der Waals surface area contributed by atoms with Crippen molar-refractivity contribution >= 4 is 11.6 Å². The Hall–Kier alpha value is -1.39. The Bertz CT molecular complexity index is 548. The molecule has 1 heterocycles. The normalized spacial score (nSPS) is 12.8. The Morgan fingerprint density at radius 2 is 1.90 bits per heavy atom. The van der Waals surface area contributed by atoms with Crippen molar-refractivity contribution in [3.05, 3.63) is 47.0 Å². The smallest absolute Gasteiger partial charge is 0.138 e. The minimum Gasteiger partial charge on any atom is -0.314 e. The van der Waals surface area contributed by atoms with Crippen molar-refractivity contribution in [3.63, 3.8) is 0 Å². The molecule has 0 spiro atoms. The number of hydrogen-bond acceptors (Lipinski definition) is 3. The Balaban J connectivity index is 2.04. The summed E-state index contributed by atoms with van der Waals surface area (Å²) in [7, 11) is 1.94. The quantitative estimate of drug-likeness (QED) is 0.855. The van der Waals surface area contributed by atoms with Crippen molar-refractivity contribution in [1.29, 1.82) is 0 Å². The molecule has 114 valence electrons. The zero-order chi connectivity index (χ0) is 15.2. The van der Waals surface area contributed by atoms with Gasteiger partial charge in [0.2, 0.25) is 0 Å². The fourth-order valence-electron chi connectivity index (χ4n) is 2.34. The third kappa shape index (κ3) is 5.14. The Labute approximate surface area is 131 Å². The van der Waals surface area contributed by atoms with Crippen molar-refractivity contribution in [1.82, 2.24) is 20.1 Å². The number of nitrogens with zero attached hydrogens (tertiary/aromatic N) is 3. The van der Waals surface area contributed by atoms with Crippen LogP contribution in [-0.2, 0) is 19.9 Å². The van der Waals surface area contributed by atoms with Gasteiger partial charge in [0, 0.05) is 24.5 Å². The largest absolute Gasteiger partial charge is 0.314 e. The van der Waals surface area contributed by atoms with E-state index < -0.39 is 0 Å². The van der Waals surface area contributed by atoms with Crippen molar-refractivity contribution in [2.45, 2.75) is 32.7 Å². The average molecular weight is 307 g/mol. The minimum absolute atomic E-state index is 0.483. The molecule has 1 N–H and O–H groups in total. The van der Waals surface area contributed by atoms with Gasteiger partial charge in [0.25, 0.3) is 0 Å². The fraction of sp³-hybridized carbons (Fsp3) is 0.500. The van der Waals surface area contributed by atoms with Gasteiger partial charge in [0.15, 0.2) is 0 Å². The summed E-state index contributed by atoms with van der Waals surface area (Å²) in [6, 6.07) is 8.58. The average Bonchev–Trinajstić information content (AvgIpc) is 2.84. The third-order valence-corrected chi connectivity index (χ3v) is 3.78. The highest BCUT2D eigenvalue weighted by molar-refractivity contribution is 6.30. The number of aromatic nitrogens is 3. The first-order valence-electron chi connectivity index (χ1n) is 7.35. The van der Waals surface area contributed by atoms with Gasteiger partial charge in [-0.2, -0.15) is 5.10 Å². The molecule has 4 nitrogen and oxygen atoms in total. The van der Waals surface area contributed by atoms with Gasteiger partial charge < -0.3 is 5.32 Å². The molecule has 0 bridgehead atoms. The molecule has 2 aromatic rings. The summed E-state index contributed by atoms with van der Waals surface area (Å²) in [6.07, 6.45) is 3.53. The minimum atomic E-state index is 0.483. The van der Waals surface area contributed by atoms with Crippen LogP contribution in [0.4, 0.5) is 0 Å². The molecule has 0 radical (unpaired) electrons. The lowest BCUT2D eigenvalue weighted by Crippen LogP contribution is -2.31. The van der Waals surface area contributed by atoms with Gasteiger partial charge in [-0.3, -0.25) is 4.68 Å². The molecule has 1 atom stereocenters. The first kappa shape index (κ1) is 16.0. The van der Waals surface area contributed by atoms with E-state index in [1.54, 1.807) is 6.33 Å². The SMILES string of the molecule is CC(C)NCC(Cc1ccc(Cl)cc1)Cc1ncnn1C. The fourth-order valence-corrected chi connectivity index (χ4v) is 2.46. The maximum Gasteiger partial charge on any atom is 0.138 e. The number of benzene rings is 1. The van der Waals surface area contributed by atoms with E-state index in [2.05, 4.69) is 41.4 Å². The molecule has 0 aliphatic rings. The van der Waals surface area contributed by atoms with E-state index in [0.29, 0.717) is 12.0 Å². The number of hydrogen-bond donors (Lipinski definition) is 1. The standard InChI is InChI=1S/C16H23ClN4/c1-12(2)18-10-14(9-16-19-11-20-21(16)3)8-13-4-6-15(17)7-5-13/h4-7,11-12,14,18H,8-10H2,1-3H3. The molecule has 5 heteroatoms. The summed E-state index contributed by atoms with van der Waals surface area (Å²) in [5.74, 6) is 1.51. The number of rotatable bonds is 7. The summed E-state index contributed by atoms with van der Waals surface area (Å²) >= 11 is 5.95. The molecule has 1 aromatic heterocycles. The lowest BCUT2D eigenvalue weighted by atomic mass is 9.95. The van der Waals surface area contributed by atoms with Gasteiger partial charge in [0.1, 0.15) is 12.2 Å². The first-order chi connectivity index (χ1) is 10.0. The maximum absolute atomic E-state index is 5.95. The molecule has 21 heavy (non-hydrogen) atoms. The van der Waals surface area contributed by atoms with E-state index in [0.717, 1.165) is 30.2 Å². The van der Waals surface area contributed by atoms with Crippen LogP contribution in [0.3, 0.4) is 0 Å². The molecule has 1 unspecified atom stereocenters. The third-order valence-electron chi connectivity index (χ3n) is 3.53. The molecule has 1 aromatic carbocycles. The topological polar surface area (TPSA) is 42.7 Å². The number of aryl methyl sites for hydroxylation is 1. The molecular weight excluding hydrogens is 284 g/mol. The second-order valence-corrected chi connectivity index (χ2v) is 6.20. The second kappa shape index (κ2) is 7.57. The summed E-state index contributed by atoms with van der Waals surface area (Å²) in [5, 5.41) is 8.46. The lowest BCUT2D eigenvalue weighted by molar-refractivity contribution is 0.431. The number of halogens is 1. The Kier molecular flexibility index (Phi) is 5.76. The van der Waals surface area contributed by atoms with Crippen LogP contribution in [0.25, 0.3) is 0 Å². The van der Waals surface area contributed by atoms with Crippen molar-refractivity contribution in [3.8, 4) is 0 Å². The summed E-state index contributed by atoms with van der Waals surface area (Å²) in [5.41, 5.74) is 1.30. The molecule has 0 amide bonds. The van der Waals surface area contributed by atoms with Crippen molar-refractivity contribution in [2.75, 3.05) is 6.54 Å². The van der Waals surface area contributed by atoms with Crippen LogP contribution in [0.5, 0.6) is 0 Å². The first-order valence-corrected chi connectivity index (χ1v) is 7.73. The van der Waals surface area contributed by atoms with Crippen molar-refractivity contribution < 1.29 is 0 Å². The highest BCUT2D eigenvalue weighted by Gasteiger charge is 2.14. The summed E-state index contributed by atoms with van der Waals surface area (Å²) < 4.78 is 1.85. The second-order valence-electron chi connectivity index (χ2n) is 5.76. The lowest BCUT2D eigenvalue weighted by Gasteiger charge is -2.19. The Morgan fingerprint density at radius 1 is 1.19 bits per heavy atom. The predicted molar refractivity (Wildman–Crippen MR) is 86.5 cm³/mol. The predicted octanol–water partition coefficient (Wildman–Crippen LogP) is 2.87. The monoisotopic (exact) mass is 306 g/mol. The highest BCUT2D eigenvalue weighted by atomic mass is 35.5. The van der Waals surface area contributed by atoms with Gasteiger partial charge in [-0.15, -0.1) is 0 Å². The molecule has 0 aliphatic carbocycles. The molecule has 0 fully saturated rings. The van der Waals surface area contributed by atoms with Crippen LogP contribution in [-0.4, -0.2) is 27.4 Å². The van der Waals surface area contributed by atoms with E-state index in [1.807, 2.05) is 23.9 Å². The maximum atomic E-state index is 5.95. The van der Waals surface area contributed by atoms with Gasteiger partial charge in [-0.25, -0.2) is 4.98 Å². The molecule has 2 rings (SSSR count). The van der Waals surface area contributed by atoms with E-state index >= 15 is 0 Å². The van der Waals surface area contributed by atoms with Crippen LogP contribution in [0.1, 0.15) is 25.2 Å². The van der Waals surface area contributed by atoms with Crippen LogP contribution >= 0.6 is 11.6 Å². The molecule has 0 aliphatic heterocycles. The molecular formula is C16H23ClN4. The van der Waals surface area contributed by atoms with Gasteiger partial charge in [-0.1, -0.05) is 37.6 Å². The van der Waals surface area contributed by atoms with E-state index in [1.165, 1.54) is 5.56 Å². The van der Waals surface area contributed by atoms with Crippen LogP contribution < -0.4 is 5.32 Å². The van der Waals surface area contributed by atoms with Crippen LogP contribution in [0.2, 0.25) is 5.02 Å².